The molecule has 2 aromatic carbocycles. The molecule has 0 saturated heterocycles. The fourth-order valence-electron chi connectivity index (χ4n) is 4.06. The van der Waals surface area contributed by atoms with Crippen molar-refractivity contribution in [2.75, 3.05) is 12.0 Å². The van der Waals surface area contributed by atoms with Crippen LogP contribution in [-0.2, 0) is 9.47 Å². The molecule has 1 atom stereocenters. The molecule has 1 aromatic heterocycles. The Morgan fingerprint density at radius 2 is 1.46 bits per heavy atom. The number of nitrogens with zero attached hydrogens (tertiary/aromatic N) is 1. The molecule has 0 aliphatic carbocycles. The Hall–Kier alpha value is -4.53. The Bertz CT molecular complexity index is 1350. The highest BCUT2D eigenvalue weighted by atomic mass is 16.5. The van der Waals surface area contributed by atoms with Crippen molar-refractivity contribution in [1.82, 2.24) is 4.98 Å². The number of amides is 2. The number of hydrogen-bond acceptors (Lipinski definition) is 7. The van der Waals surface area contributed by atoms with Gasteiger partial charge in [0.25, 0.3) is 11.8 Å². The number of aromatic nitrogens is 1. The summed E-state index contributed by atoms with van der Waals surface area (Å²) in [5.74, 6) is -2.71. The minimum Gasteiger partial charge on any atom is -0.465 e. The van der Waals surface area contributed by atoms with Crippen molar-refractivity contribution in [3.8, 4) is 0 Å². The summed E-state index contributed by atoms with van der Waals surface area (Å²) in [6.45, 7) is 4.68. The molecule has 1 aliphatic rings. The third kappa shape index (κ3) is 4.01. The molecule has 9 heteroatoms. The fraction of sp³-hybridized carbons (Fsp3) is 0.192. The lowest BCUT2D eigenvalue weighted by Gasteiger charge is -2.15. The number of ketones is 1. The van der Waals surface area contributed by atoms with E-state index in [1.54, 1.807) is 38.1 Å². The van der Waals surface area contributed by atoms with Gasteiger partial charge in [-0.15, -0.1) is 0 Å². The van der Waals surface area contributed by atoms with E-state index in [0.717, 1.165) is 4.90 Å². The summed E-state index contributed by atoms with van der Waals surface area (Å²) in [4.78, 5) is 66.7. The van der Waals surface area contributed by atoms with Crippen LogP contribution in [-0.4, -0.2) is 47.7 Å². The summed E-state index contributed by atoms with van der Waals surface area (Å²) >= 11 is 0. The quantitative estimate of drug-likeness (QED) is 0.329. The monoisotopic (exact) mass is 474 g/mol. The molecule has 2 heterocycles. The number of aromatic amines is 1. The summed E-state index contributed by atoms with van der Waals surface area (Å²) in [5, 5.41) is 0. The zero-order valence-electron chi connectivity index (χ0n) is 19.5. The SMILES string of the molecule is COC(=O)c1c(C)[nH]c(C(=O)C(C)OC(=O)c2ccc(N3C(=O)c4ccccc4C3=O)cc2)c1C. The van der Waals surface area contributed by atoms with Crippen LogP contribution in [0.3, 0.4) is 0 Å². The molecule has 0 fully saturated rings. The number of imide groups is 1. The first-order valence-electron chi connectivity index (χ1n) is 10.8. The number of Topliss-reactive ketones (excluding diaryl/α,β-unsaturated/α-hetero) is 1. The van der Waals surface area contributed by atoms with Crippen molar-refractivity contribution in [2.24, 2.45) is 0 Å². The fourth-order valence-corrected chi connectivity index (χ4v) is 4.06. The summed E-state index contributed by atoms with van der Waals surface area (Å²) < 4.78 is 10.1. The van der Waals surface area contributed by atoms with Crippen LogP contribution in [0.5, 0.6) is 0 Å². The molecule has 1 unspecified atom stereocenters. The molecule has 2 amide bonds. The van der Waals surface area contributed by atoms with E-state index in [2.05, 4.69) is 4.98 Å². The van der Waals surface area contributed by atoms with Gasteiger partial charge in [0.15, 0.2) is 6.10 Å². The molecule has 0 bridgehead atoms. The number of H-pyrrole nitrogens is 1. The molecular weight excluding hydrogens is 452 g/mol. The summed E-state index contributed by atoms with van der Waals surface area (Å²) in [6, 6.07) is 12.3. The lowest BCUT2D eigenvalue weighted by molar-refractivity contribution is 0.0316. The molecule has 0 radical (unpaired) electrons. The first-order valence-corrected chi connectivity index (χ1v) is 10.8. The number of hydrogen-bond donors (Lipinski definition) is 1. The molecule has 3 aromatic rings. The number of methoxy groups -OCH3 is 1. The van der Waals surface area contributed by atoms with Gasteiger partial charge in [-0.2, -0.15) is 0 Å². The van der Waals surface area contributed by atoms with E-state index in [0.29, 0.717) is 28.1 Å². The lowest BCUT2D eigenvalue weighted by atomic mass is 10.1. The number of aryl methyl sites for hydroxylation is 1. The van der Waals surface area contributed by atoms with Gasteiger partial charge in [0.05, 0.1) is 40.7 Å². The number of fused-ring (bicyclic) bond motifs is 1. The van der Waals surface area contributed by atoms with Crippen LogP contribution in [0.15, 0.2) is 48.5 Å². The Balaban J connectivity index is 1.48. The van der Waals surface area contributed by atoms with Gasteiger partial charge < -0.3 is 14.5 Å². The average molecular weight is 474 g/mol. The van der Waals surface area contributed by atoms with Gasteiger partial charge in [0.1, 0.15) is 0 Å². The van der Waals surface area contributed by atoms with Crippen LogP contribution in [0.25, 0.3) is 0 Å². The zero-order chi connectivity index (χ0) is 25.4. The van der Waals surface area contributed by atoms with Crippen molar-refractivity contribution in [3.05, 3.63) is 87.7 Å². The summed E-state index contributed by atoms with van der Waals surface area (Å²) in [7, 11) is 1.25. The highest BCUT2D eigenvalue weighted by Crippen LogP contribution is 2.28. The van der Waals surface area contributed by atoms with Crippen LogP contribution in [0.1, 0.15) is 70.1 Å². The van der Waals surface area contributed by atoms with Crippen molar-refractivity contribution in [3.63, 3.8) is 0 Å². The number of rotatable bonds is 6. The minimum absolute atomic E-state index is 0.139. The number of carbonyl (C=O) groups is 5. The molecule has 0 spiro atoms. The van der Waals surface area contributed by atoms with E-state index < -0.39 is 35.6 Å². The van der Waals surface area contributed by atoms with Crippen LogP contribution < -0.4 is 4.90 Å². The molecule has 178 valence electrons. The Morgan fingerprint density at radius 1 is 0.886 bits per heavy atom. The van der Waals surface area contributed by atoms with Crippen LogP contribution in [0, 0.1) is 13.8 Å². The Labute approximate surface area is 200 Å². The summed E-state index contributed by atoms with van der Waals surface area (Å²) in [6.07, 6.45) is -1.14. The van der Waals surface area contributed by atoms with Crippen LogP contribution in [0.2, 0.25) is 0 Å². The third-order valence-electron chi connectivity index (χ3n) is 5.88. The number of ether oxygens (including phenoxy) is 2. The predicted octanol–water partition coefficient (Wildman–Crippen LogP) is 3.65. The van der Waals surface area contributed by atoms with E-state index in [9.17, 15) is 24.0 Å². The maximum absolute atomic E-state index is 12.9. The average Bonchev–Trinajstić information content (AvgIpc) is 3.30. The second-order valence-electron chi connectivity index (χ2n) is 8.07. The van der Waals surface area contributed by atoms with Crippen molar-refractivity contribution in [2.45, 2.75) is 26.9 Å². The largest absolute Gasteiger partial charge is 0.465 e. The van der Waals surface area contributed by atoms with E-state index in [-0.39, 0.29) is 16.8 Å². The van der Waals surface area contributed by atoms with Gasteiger partial charge in [0, 0.05) is 5.69 Å². The van der Waals surface area contributed by atoms with E-state index in [1.165, 1.54) is 38.3 Å². The maximum atomic E-state index is 12.9. The molecule has 9 nitrogen and oxygen atoms in total. The maximum Gasteiger partial charge on any atom is 0.339 e. The minimum atomic E-state index is -1.14. The smallest absolute Gasteiger partial charge is 0.339 e. The normalized spacial score (nSPS) is 13.4. The molecule has 1 aliphatic heterocycles. The summed E-state index contributed by atoms with van der Waals surface area (Å²) in [5.41, 5.74) is 2.39. The van der Waals surface area contributed by atoms with Gasteiger partial charge in [-0.05, 0) is 62.7 Å². The highest BCUT2D eigenvalue weighted by Gasteiger charge is 2.36. The standard InChI is InChI=1S/C26H22N2O7/c1-13-20(26(33)34-4)14(2)27-21(13)22(29)15(3)35-25(32)16-9-11-17(12-10-16)28-23(30)18-7-5-6-8-19(18)24(28)31/h5-12,15,27H,1-4H3. The highest BCUT2D eigenvalue weighted by molar-refractivity contribution is 6.34. The number of benzene rings is 2. The van der Waals surface area contributed by atoms with Gasteiger partial charge in [-0.3, -0.25) is 14.4 Å². The number of anilines is 1. The molecular formula is C26H22N2O7. The van der Waals surface area contributed by atoms with Gasteiger partial charge in [-0.1, -0.05) is 12.1 Å². The number of carbonyl (C=O) groups excluding carboxylic acids is 5. The molecule has 35 heavy (non-hydrogen) atoms. The molecule has 0 saturated carbocycles. The van der Waals surface area contributed by atoms with E-state index >= 15 is 0 Å². The first kappa shape index (κ1) is 23.6. The van der Waals surface area contributed by atoms with Gasteiger partial charge in [0.2, 0.25) is 5.78 Å². The topological polar surface area (TPSA) is 123 Å². The van der Waals surface area contributed by atoms with Crippen molar-refractivity contribution in [1.29, 1.82) is 0 Å². The lowest BCUT2D eigenvalue weighted by Crippen LogP contribution is -2.29. The van der Waals surface area contributed by atoms with E-state index in [4.69, 9.17) is 9.47 Å². The Kier molecular flexibility index (Phi) is 6.09. The molecule has 1 N–H and O–H groups in total. The van der Waals surface area contributed by atoms with E-state index in [1.807, 2.05) is 0 Å². The van der Waals surface area contributed by atoms with Crippen molar-refractivity contribution >= 4 is 35.2 Å². The van der Waals surface area contributed by atoms with Gasteiger partial charge >= 0.3 is 11.9 Å². The van der Waals surface area contributed by atoms with Crippen LogP contribution >= 0.6 is 0 Å². The third-order valence-corrected chi connectivity index (χ3v) is 5.88. The van der Waals surface area contributed by atoms with Crippen LogP contribution in [0.4, 0.5) is 5.69 Å². The predicted molar refractivity (Wildman–Crippen MR) is 125 cm³/mol. The number of nitrogens with one attached hydrogen (secondary N) is 1. The second-order valence-corrected chi connectivity index (χ2v) is 8.07. The van der Waals surface area contributed by atoms with Crippen molar-refractivity contribution < 1.29 is 33.4 Å². The Morgan fingerprint density at radius 3 is 2.00 bits per heavy atom. The second kappa shape index (κ2) is 9.02. The first-order chi connectivity index (χ1) is 16.6. The molecule has 4 rings (SSSR count). The van der Waals surface area contributed by atoms with Gasteiger partial charge in [-0.25, -0.2) is 14.5 Å². The number of esters is 2. The zero-order valence-corrected chi connectivity index (χ0v) is 19.5.